The molecule has 0 spiro atoms. The normalized spacial score (nSPS) is 19.0. The second-order valence-corrected chi connectivity index (χ2v) is 7.50. The number of hydrogen-bond acceptors (Lipinski definition) is 5. The third-order valence-corrected chi connectivity index (χ3v) is 5.04. The van der Waals surface area contributed by atoms with E-state index < -0.39 is 15.9 Å². The molecule has 1 amide bonds. The fourth-order valence-electron chi connectivity index (χ4n) is 2.74. The topological polar surface area (TPSA) is 97.3 Å². The lowest BCUT2D eigenvalue weighted by Gasteiger charge is -2.35. The maximum atomic E-state index is 12.8. The Bertz CT molecular complexity index is 823. The van der Waals surface area contributed by atoms with Gasteiger partial charge in [-0.1, -0.05) is 0 Å². The smallest absolute Gasteiger partial charge is 0.271 e. The van der Waals surface area contributed by atoms with Crippen molar-refractivity contribution in [2.24, 2.45) is 7.05 Å². The Kier molecular flexibility index (Phi) is 3.99. The van der Waals surface area contributed by atoms with Crippen LogP contribution in [0.1, 0.15) is 22.2 Å². The van der Waals surface area contributed by atoms with Gasteiger partial charge in [0.1, 0.15) is 10.6 Å². The second kappa shape index (κ2) is 5.82. The van der Waals surface area contributed by atoms with E-state index in [1.807, 2.05) is 0 Å². The Balaban J connectivity index is 1.99. The van der Waals surface area contributed by atoms with Crippen molar-refractivity contribution >= 4 is 15.7 Å². The van der Waals surface area contributed by atoms with E-state index in [4.69, 9.17) is 4.74 Å². The quantitative estimate of drug-likeness (QED) is 0.872. The molecule has 0 aromatic carbocycles. The summed E-state index contributed by atoms with van der Waals surface area (Å²) in [5.74, 6) is -0.167. The van der Waals surface area contributed by atoms with Gasteiger partial charge in [0.25, 0.3) is 5.91 Å². The first-order valence-corrected chi connectivity index (χ1v) is 9.02. The number of H-pyrrole nitrogens is 1. The van der Waals surface area contributed by atoms with Crippen molar-refractivity contribution in [3.8, 4) is 0 Å². The van der Waals surface area contributed by atoms with E-state index in [-0.39, 0.29) is 17.4 Å². The highest BCUT2D eigenvalue weighted by molar-refractivity contribution is 7.90. The standard InChI is InChI=1S/C14H18N4O4S/c1-17-5-3-4-10(17)14(19)18-6-7-22-9-11(18)13-12(8-15-16-13)23(2,20)21/h3-5,8,11H,6-7,9H2,1-2H3,(H,15,16)/t11-/m0/s1. The van der Waals surface area contributed by atoms with Gasteiger partial charge < -0.3 is 14.2 Å². The molecule has 0 aliphatic carbocycles. The minimum Gasteiger partial charge on any atom is -0.377 e. The van der Waals surface area contributed by atoms with Crippen molar-refractivity contribution in [3.63, 3.8) is 0 Å². The summed E-state index contributed by atoms with van der Waals surface area (Å²) in [5, 5.41) is 6.55. The molecule has 1 fully saturated rings. The van der Waals surface area contributed by atoms with E-state index in [0.717, 1.165) is 6.26 Å². The lowest BCUT2D eigenvalue weighted by molar-refractivity contribution is -0.00517. The molecule has 2 aromatic rings. The van der Waals surface area contributed by atoms with Gasteiger partial charge in [-0.05, 0) is 12.1 Å². The van der Waals surface area contributed by atoms with Crippen LogP contribution in [0, 0.1) is 0 Å². The fraction of sp³-hybridized carbons (Fsp3) is 0.429. The number of sulfone groups is 1. The molecular weight excluding hydrogens is 320 g/mol. The molecule has 1 aliphatic rings. The molecule has 3 heterocycles. The van der Waals surface area contributed by atoms with Crippen molar-refractivity contribution in [3.05, 3.63) is 35.9 Å². The SMILES string of the molecule is Cn1cccc1C(=O)N1CCOC[C@H]1c1[nH]ncc1S(C)(=O)=O. The lowest BCUT2D eigenvalue weighted by Crippen LogP contribution is -2.44. The highest BCUT2D eigenvalue weighted by atomic mass is 32.2. The van der Waals surface area contributed by atoms with Gasteiger partial charge in [0.2, 0.25) is 0 Å². The number of aryl methyl sites for hydroxylation is 1. The molecule has 1 aliphatic heterocycles. The van der Waals surface area contributed by atoms with E-state index in [1.54, 1.807) is 34.8 Å². The summed E-state index contributed by atoms with van der Waals surface area (Å²) in [4.78, 5) is 14.5. The first kappa shape index (κ1) is 15.8. The number of nitrogens with zero attached hydrogens (tertiary/aromatic N) is 3. The number of aromatic nitrogens is 3. The van der Waals surface area contributed by atoms with Crippen LogP contribution >= 0.6 is 0 Å². The minimum atomic E-state index is -3.44. The largest absolute Gasteiger partial charge is 0.377 e. The zero-order chi connectivity index (χ0) is 16.6. The minimum absolute atomic E-state index is 0.0951. The van der Waals surface area contributed by atoms with Gasteiger partial charge in [-0.25, -0.2) is 8.42 Å². The van der Waals surface area contributed by atoms with Gasteiger partial charge in [-0.2, -0.15) is 5.10 Å². The maximum absolute atomic E-state index is 12.8. The Labute approximate surface area is 134 Å². The van der Waals surface area contributed by atoms with Crippen molar-refractivity contribution in [1.29, 1.82) is 0 Å². The Morgan fingerprint density at radius 1 is 1.48 bits per heavy atom. The summed E-state index contributed by atoms with van der Waals surface area (Å²) in [6.45, 7) is 1.02. The van der Waals surface area contributed by atoms with Gasteiger partial charge in [-0.3, -0.25) is 9.89 Å². The molecule has 2 aromatic heterocycles. The van der Waals surface area contributed by atoms with Crippen LogP contribution in [0.4, 0.5) is 0 Å². The molecule has 124 valence electrons. The third kappa shape index (κ3) is 2.89. The summed E-state index contributed by atoms with van der Waals surface area (Å²) in [7, 11) is -1.65. The molecule has 0 saturated carbocycles. The van der Waals surface area contributed by atoms with E-state index in [9.17, 15) is 13.2 Å². The summed E-state index contributed by atoms with van der Waals surface area (Å²) in [6.07, 6.45) is 4.18. The third-order valence-electron chi connectivity index (χ3n) is 3.92. The molecule has 0 unspecified atom stereocenters. The van der Waals surface area contributed by atoms with Gasteiger partial charge >= 0.3 is 0 Å². The van der Waals surface area contributed by atoms with Crippen LogP contribution in [0.3, 0.4) is 0 Å². The average Bonchev–Trinajstić information content (AvgIpc) is 3.14. The molecule has 1 saturated heterocycles. The molecule has 3 rings (SSSR count). The first-order chi connectivity index (χ1) is 10.9. The number of nitrogens with one attached hydrogen (secondary N) is 1. The Morgan fingerprint density at radius 2 is 2.26 bits per heavy atom. The molecule has 0 radical (unpaired) electrons. The van der Waals surface area contributed by atoms with Crippen LogP contribution in [-0.4, -0.2) is 60.0 Å². The van der Waals surface area contributed by atoms with Gasteiger partial charge in [0, 0.05) is 26.0 Å². The van der Waals surface area contributed by atoms with Crippen LogP contribution in [0.2, 0.25) is 0 Å². The fourth-order valence-corrected chi connectivity index (χ4v) is 3.56. The number of carbonyl (C=O) groups excluding carboxylic acids is 1. The number of amides is 1. The predicted molar refractivity (Wildman–Crippen MR) is 81.7 cm³/mol. The van der Waals surface area contributed by atoms with Crippen molar-refractivity contribution in [2.45, 2.75) is 10.9 Å². The van der Waals surface area contributed by atoms with Gasteiger partial charge in [0.05, 0.1) is 31.1 Å². The van der Waals surface area contributed by atoms with Crippen LogP contribution < -0.4 is 0 Å². The number of rotatable bonds is 3. The van der Waals surface area contributed by atoms with E-state index in [2.05, 4.69) is 10.2 Å². The lowest BCUT2D eigenvalue weighted by atomic mass is 10.1. The van der Waals surface area contributed by atoms with Gasteiger partial charge in [-0.15, -0.1) is 0 Å². The number of hydrogen-bond donors (Lipinski definition) is 1. The Hall–Kier alpha value is -2.13. The van der Waals surface area contributed by atoms with Crippen LogP contribution in [0.15, 0.2) is 29.4 Å². The Morgan fingerprint density at radius 3 is 2.91 bits per heavy atom. The van der Waals surface area contributed by atoms with Crippen molar-refractivity contribution in [1.82, 2.24) is 19.7 Å². The molecule has 1 N–H and O–H groups in total. The molecule has 9 heteroatoms. The number of ether oxygens (including phenoxy) is 1. The summed E-state index contributed by atoms with van der Waals surface area (Å²) >= 11 is 0. The monoisotopic (exact) mass is 338 g/mol. The highest BCUT2D eigenvalue weighted by Gasteiger charge is 2.34. The zero-order valence-electron chi connectivity index (χ0n) is 12.9. The summed E-state index contributed by atoms with van der Waals surface area (Å²) < 4.78 is 31.0. The van der Waals surface area contributed by atoms with E-state index in [0.29, 0.717) is 24.5 Å². The zero-order valence-corrected chi connectivity index (χ0v) is 13.7. The van der Waals surface area contributed by atoms with Gasteiger partial charge in [0.15, 0.2) is 9.84 Å². The molecule has 0 bridgehead atoms. The van der Waals surface area contributed by atoms with Crippen molar-refractivity contribution in [2.75, 3.05) is 26.0 Å². The molecular formula is C14H18N4O4S. The maximum Gasteiger partial charge on any atom is 0.271 e. The van der Waals surface area contributed by atoms with Crippen LogP contribution in [-0.2, 0) is 21.6 Å². The number of carbonyl (C=O) groups is 1. The number of aromatic amines is 1. The van der Waals surface area contributed by atoms with E-state index in [1.165, 1.54) is 6.20 Å². The molecule has 8 nitrogen and oxygen atoms in total. The van der Waals surface area contributed by atoms with Crippen LogP contribution in [0.5, 0.6) is 0 Å². The highest BCUT2D eigenvalue weighted by Crippen LogP contribution is 2.29. The summed E-state index contributed by atoms with van der Waals surface area (Å²) in [5.41, 5.74) is 0.923. The second-order valence-electron chi connectivity index (χ2n) is 5.51. The average molecular weight is 338 g/mol. The summed E-state index contributed by atoms with van der Waals surface area (Å²) in [6, 6.07) is 3.01. The van der Waals surface area contributed by atoms with Crippen LogP contribution in [0.25, 0.3) is 0 Å². The van der Waals surface area contributed by atoms with E-state index >= 15 is 0 Å². The predicted octanol–water partition coefficient (Wildman–Crippen LogP) is 0.365. The molecule has 1 atom stereocenters. The number of morpholine rings is 1. The molecule has 23 heavy (non-hydrogen) atoms. The first-order valence-electron chi connectivity index (χ1n) is 7.13. The van der Waals surface area contributed by atoms with Crippen molar-refractivity contribution < 1.29 is 17.9 Å².